The van der Waals surface area contributed by atoms with Crippen LogP contribution >= 0.6 is 11.3 Å². The van der Waals surface area contributed by atoms with Crippen molar-refractivity contribution in [3.63, 3.8) is 0 Å². The number of nitriles is 1. The zero-order chi connectivity index (χ0) is 21.5. The van der Waals surface area contributed by atoms with E-state index in [4.69, 9.17) is 4.74 Å². The summed E-state index contributed by atoms with van der Waals surface area (Å²) in [6.07, 6.45) is 1.99. The zero-order valence-corrected chi connectivity index (χ0v) is 19.3. The van der Waals surface area contributed by atoms with Crippen molar-refractivity contribution < 1.29 is 4.74 Å². The van der Waals surface area contributed by atoms with Crippen LogP contribution in [0.25, 0.3) is 21.9 Å². The van der Waals surface area contributed by atoms with Gasteiger partial charge < -0.3 is 0 Å². The molecule has 0 atom stereocenters. The molecule has 32 heavy (non-hydrogen) atoms. The van der Waals surface area contributed by atoms with Gasteiger partial charge in [-0.3, -0.25) is 0 Å². The van der Waals surface area contributed by atoms with Crippen molar-refractivity contribution in [2.75, 3.05) is 4.90 Å². The number of thiazole rings is 1. The summed E-state index contributed by atoms with van der Waals surface area (Å²) < 4.78 is 9.56. The first-order chi connectivity index (χ1) is 15.8. The number of rotatable bonds is 3. The van der Waals surface area contributed by atoms with Crippen LogP contribution in [0.15, 0.2) is 84.9 Å². The fourth-order valence-corrected chi connectivity index (χ4v) is 6.74. The minimum atomic E-state index is 0.0380. The average Bonchev–Trinajstić information content (AvgIpc) is 3.47. The maximum absolute atomic E-state index is 9.82. The van der Waals surface area contributed by atoms with Crippen LogP contribution in [0.4, 0.5) is 15.9 Å². The molecule has 152 valence electrons. The predicted octanol–water partition coefficient (Wildman–Crippen LogP) is 6.99. The number of benzene rings is 3. The van der Waals surface area contributed by atoms with Crippen LogP contribution < -0.4 is 9.64 Å². The fraction of sp³-hybridized carbons (Fsp3) is 0. The van der Waals surface area contributed by atoms with Gasteiger partial charge in [0, 0.05) is 0 Å². The van der Waals surface area contributed by atoms with Crippen LogP contribution in [0.2, 0.25) is 0 Å². The zero-order valence-electron chi connectivity index (χ0n) is 16.7. The number of ether oxygens (including phenoxy) is 1. The topological polar surface area (TPSA) is 49.2 Å². The molecular formula is C26H15N3OSSe. The number of nitrogens with zero attached hydrogens (tertiary/aromatic N) is 3. The molecule has 0 amide bonds. The van der Waals surface area contributed by atoms with Crippen molar-refractivity contribution in [1.29, 1.82) is 5.26 Å². The molecule has 4 nitrogen and oxygen atoms in total. The van der Waals surface area contributed by atoms with Gasteiger partial charge in [0.15, 0.2) is 0 Å². The first-order valence-corrected chi connectivity index (χ1v) is 12.6. The summed E-state index contributed by atoms with van der Waals surface area (Å²) in [5, 5.41) is 10.6. The van der Waals surface area contributed by atoms with Crippen LogP contribution in [-0.2, 0) is 0 Å². The normalized spacial score (nSPS) is 12.7. The number of hydrogen-bond acceptors (Lipinski definition) is 5. The number of para-hydroxylation sites is 5. The third-order valence-electron chi connectivity index (χ3n) is 5.20. The van der Waals surface area contributed by atoms with Gasteiger partial charge in [-0.15, -0.1) is 0 Å². The molecule has 0 aliphatic carbocycles. The van der Waals surface area contributed by atoms with Crippen molar-refractivity contribution >= 4 is 63.6 Å². The predicted molar refractivity (Wildman–Crippen MR) is 131 cm³/mol. The van der Waals surface area contributed by atoms with Crippen molar-refractivity contribution in [1.82, 2.24) is 4.98 Å². The number of anilines is 3. The molecule has 0 N–H and O–H groups in total. The molecule has 0 saturated carbocycles. The van der Waals surface area contributed by atoms with Gasteiger partial charge in [0.05, 0.1) is 0 Å². The Balaban J connectivity index is 1.42. The minimum absolute atomic E-state index is 0.0380. The van der Waals surface area contributed by atoms with Gasteiger partial charge >= 0.3 is 195 Å². The second-order valence-corrected chi connectivity index (χ2v) is 10.5. The Labute approximate surface area is 195 Å². The quantitative estimate of drug-likeness (QED) is 0.196. The van der Waals surface area contributed by atoms with Crippen LogP contribution in [-0.4, -0.2) is 19.5 Å². The van der Waals surface area contributed by atoms with Gasteiger partial charge in [0.1, 0.15) is 0 Å². The number of aromatic nitrogens is 1. The van der Waals surface area contributed by atoms with Gasteiger partial charge in [-0.2, -0.15) is 0 Å². The van der Waals surface area contributed by atoms with Gasteiger partial charge in [-0.25, -0.2) is 0 Å². The summed E-state index contributed by atoms with van der Waals surface area (Å²) >= 11 is 1.60. The molecule has 1 aliphatic heterocycles. The van der Waals surface area contributed by atoms with E-state index in [-0.39, 0.29) is 14.5 Å². The van der Waals surface area contributed by atoms with Crippen molar-refractivity contribution in [3.05, 3.63) is 94.4 Å². The molecule has 1 aliphatic rings. The maximum atomic E-state index is 9.82. The van der Waals surface area contributed by atoms with Gasteiger partial charge in [0.2, 0.25) is 0 Å². The molecule has 6 heteroatoms. The summed E-state index contributed by atoms with van der Waals surface area (Å²) in [7, 11) is 0. The SMILES string of the molecule is N#C/C(=C\c1ccc(N2c3ccccc3Oc3ccccc32)[se]1)c1nc2ccccc2s1. The van der Waals surface area contributed by atoms with E-state index >= 15 is 0 Å². The molecular weight excluding hydrogens is 481 g/mol. The Morgan fingerprint density at radius 2 is 1.59 bits per heavy atom. The Bertz CT molecular complexity index is 1460. The Morgan fingerprint density at radius 1 is 0.906 bits per heavy atom. The van der Waals surface area contributed by atoms with Crippen molar-refractivity contribution in [2.24, 2.45) is 0 Å². The molecule has 0 unspecified atom stereocenters. The molecule has 6 rings (SSSR count). The summed E-state index contributed by atoms with van der Waals surface area (Å²) in [6.45, 7) is 0. The molecule has 0 saturated heterocycles. The third kappa shape index (κ3) is 3.24. The average molecular weight is 496 g/mol. The molecule has 3 aromatic carbocycles. The van der Waals surface area contributed by atoms with Crippen LogP contribution in [0.3, 0.4) is 0 Å². The Morgan fingerprint density at radius 3 is 2.31 bits per heavy atom. The summed E-state index contributed by atoms with van der Waals surface area (Å²) in [5.74, 6) is 1.69. The van der Waals surface area contributed by atoms with Crippen LogP contribution in [0.1, 0.15) is 9.44 Å². The molecule has 0 radical (unpaired) electrons. The molecule has 0 fully saturated rings. The van der Waals surface area contributed by atoms with Gasteiger partial charge in [-0.05, 0) is 0 Å². The van der Waals surface area contributed by atoms with Crippen molar-refractivity contribution in [2.45, 2.75) is 0 Å². The van der Waals surface area contributed by atoms with E-state index in [1.54, 1.807) is 11.3 Å². The molecule has 0 spiro atoms. The van der Waals surface area contributed by atoms with E-state index in [2.05, 4.69) is 40.2 Å². The molecule has 3 heterocycles. The summed E-state index contributed by atoms with van der Waals surface area (Å²) in [4.78, 5) is 6.93. The monoisotopic (exact) mass is 497 g/mol. The number of fused-ring (bicyclic) bond motifs is 3. The molecule has 0 bridgehead atoms. The fourth-order valence-electron chi connectivity index (χ4n) is 3.75. The summed E-state index contributed by atoms with van der Waals surface area (Å²) in [5.41, 5.74) is 3.60. The van der Waals surface area contributed by atoms with E-state index in [1.807, 2.05) is 66.7 Å². The second kappa shape index (κ2) is 7.81. The first kappa shape index (κ1) is 19.1. The van der Waals surface area contributed by atoms with E-state index in [0.29, 0.717) is 5.57 Å². The summed E-state index contributed by atoms with van der Waals surface area (Å²) in [6, 6.07) is 30.8. The number of hydrogen-bond donors (Lipinski definition) is 0. The third-order valence-corrected chi connectivity index (χ3v) is 8.40. The van der Waals surface area contributed by atoms with E-state index in [0.717, 1.165) is 42.5 Å². The first-order valence-electron chi connectivity index (χ1n) is 10.0. The molecule has 5 aromatic rings. The molecule has 2 aromatic heterocycles. The Kier molecular flexibility index (Phi) is 4.66. The second-order valence-electron chi connectivity index (χ2n) is 7.21. The van der Waals surface area contributed by atoms with E-state index in [1.165, 1.54) is 4.56 Å². The number of allylic oxidation sites excluding steroid dienone is 1. The van der Waals surface area contributed by atoms with Crippen LogP contribution in [0.5, 0.6) is 11.5 Å². The van der Waals surface area contributed by atoms with Gasteiger partial charge in [0.25, 0.3) is 0 Å². The van der Waals surface area contributed by atoms with Gasteiger partial charge in [-0.1, -0.05) is 0 Å². The van der Waals surface area contributed by atoms with Crippen molar-refractivity contribution in [3.8, 4) is 17.6 Å². The van der Waals surface area contributed by atoms with E-state index < -0.39 is 0 Å². The standard InChI is InChI=1S/C26H15N3OSSe/c27-16-17(26-28-19-7-1-6-12-24(19)31-26)15-18-13-14-25(32-18)29-20-8-2-4-10-22(20)30-23-11-5-3-9-21(23)29/h1-15H/b17-15+. The Hall–Kier alpha value is -3.62. The van der Waals surface area contributed by atoms with Crippen LogP contribution in [0, 0.1) is 11.3 Å². The van der Waals surface area contributed by atoms with E-state index in [9.17, 15) is 5.26 Å².